The molecule has 1 aromatic heterocycles. The molecule has 15 heavy (non-hydrogen) atoms. The van der Waals surface area contributed by atoms with Gasteiger partial charge in [-0.15, -0.1) is 5.10 Å². The second-order valence-electron chi connectivity index (χ2n) is 4.04. The molecule has 2 rings (SSSR count). The maximum atomic E-state index is 5.40. The third-order valence-electron chi connectivity index (χ3n) is 2.82. The standard InChI is InChI=1S/C10H18N4O/c11-7-9-13-14-10(15-9)12-8-5-3-1-2-4-6-8/h8H,1-7,11H2,(H,12,14). The minimum absolute atomic E-state index is 0.305. The summed E-state index contributed by atoms with van der Waals surface area (Å²) in [5.41, 5.74) is 5.40. The number of nitrogens with zero attached hydrogens (tertiary/aromatic N) is 2. The molecule has 0 aromatic carbocycles. The van der Waals surface area contributed by atoms with Gasteiger partial charge >= 0.3 is 6.01 Å². The fourth-order valence-electron chi connectivity index (χ4n) is 1.99. The van der Waals surface area contributed by atoms with Gasteiger partial charge in [0.15, 0.2) is 0 Å². The molecule has 1 saturated carbocycles. The van der Waals surface area contributed by atoms with Crippen molar-refractivity contribution in [3.8, 4) is 0 Å². The van der Waals surface area contributed by atoms with Crippen molar-refractivity contribution in [3.63, 3.8) is 0 Å². The van der Waals surface area contributed by atoms with Crippen molar-refractivity contribution in [2.24, 2.45) is 5.73 Å². The Kier molecular flexibility index (Phi) is 3.55. The Morgan fingerprint density at radius 2 is 1.93 bits per heavy atom. The van der Waals surface area contributed by atoms with Crippen LogP contribution in [0.1, 0.15) is 44.4 Å². The number of nitrogens with one attached hydrogen (secondary N) is 1. The van der Waals surface area contributed by atoms with Crippen molar-refractivity contribution in [1.29, 1.82) is 0 Å². The number of aromatic nitrogens is 2. The molecule has 1 aromatic rings. The van der Waals surface area contributed by atoms with Crippen LogP contribution in [0.25, 0.3) is 0 Å². The van der Waals surface area contributed by atoms with Crippen LogP contribution >= 0.6 is 0 Å². The van der Waals surface area contributed by atoms with E-state index >= 15 is 0 Å². The molecular weight excluding hydrogens is 192 g/mol. The quantitative estimate of drug-likeness (QED) is 0.742. The molecule has 5 nitrogen and oxygen atoms in total. The number of rotatable bonds is 3. The summed E-state index contributed by atoms with van der Waals surface area (Å²) in [7, 11) is 0. The second-order valence-corrected chi connectivity index (χ2v) is 4.04. The van der Waals surface area contributed by atoms with Crippen LogP contribution in [-0.2, 0) is 6.54 Å². The van der Waals surface area contributed by atoms with Crippen LogP contribution in [0.15, 0.2) is 4.42 Å². The first kappa shape index (κ1) is 10.4. The first-order valence-electron chi connectivity index (χ1n) is 5.67. The van der Waals surface area contributed by atoms with E-state index in [-0.39, 0.29) is 0 Å². The van der Waals surface area contributed by atoms with E-state index in [2.05, 4.69) is 15.5 Å². The highest BCUT2D eigenvalue weighted by molar-refractivity contribution is 5.19. The molecule has 1 heterocycles. The summed E-state index contributed by atoms with van der Waals surface area (Å²) in [6.45, 7) is 0.305. The maximum absolute atomic E-state index is 5.40. The predicted molar refractivity (Wildman–Crippen MR) is 57.3 cm³/mol. The first-order valence-corrected chi connectivity index (χ1v) is 5.67. The van der Waals surface area contributed by atoms with E-state index in [0.29, 0.717) is 24.5 Å². The zero-order valence-electron chi connectivity index (χ0n) is 8.91. The van der Waals surface area contributed by atoms with Crippen LogP contribution in [0.3, 0.4) is 0 Å². The number of nitrogens with two attached hydrogens (primary N) is 1. The average Bonchev–Trinajstić information content (AvgIpc) is 2.54. The van der Waals surface area contributed by atoms with Gasteiger partial charge in [0.05, 0.1) is 6.54 Å². The molecule has 1 aliphatic rings. The van der Waals surface area contributed by atoms with E-state index in [4.69, 9.17) is 10.2 Å². The normalized spacial score (nSPS) is 18.7. The Hall–Kier alpha value is -1.10. The lowest BCUT2D eigenvalue weighted by molar-refractivity contribution is 0.493. The summed E-state index contributed by atoms with van der Waals surface area (Å²) in [5.74, 6) is 0.492. The molecule has 0 radical (unpaired) electrons. The fourth-order valence-corrected chi connectivity index (χ4v) is 1.99. The molecule has 1 fully saturated rings. The van der Waals surface area contributed by atoms with Gasteiger partial charge in [-0.3, -0.25) is 0 Å². The van der Waals surface area contributed by atoms with E-state index < -0.39 is 0 Å². The van der Waals surface area contributed by atoms with Crippen LogP contribution in [0.2, 0.25) is 0 Å². The zero-order valence-corrected chi connectivity index (χ0v) is 8.91. The molecule has 84 valence electrons. The topological polar surface area (TPSA) is 77.0 Å². The minimum Gasteiger partial charge on any atom is -0.407 e. The maximum Gasteiger partial charge on any atom is 0.315 e. The third kappa shape index (κ3) is 2.92. The summed E-state index contributed by atoms with van der Waals surface area (Å²) in [5, 5.41) is 11.0. The van der Waals surface area contributed by atoms with Crippen LogP contribution in [0.5, 0.6) is 0 Å². The molecule has 0 spiro atoms. The molecular formula is C10H18N4O. The van der Waals surface area contributed by atoms with Crippen LogP contribution in [-0.4, -0.2) is 16.2 Å². The van der Waals surface area contributed by atoms with E-state index in [9.17, 15) is 0 Å². The van der Waals surface area contributed by atoms with Gasteiger partial charge in [0.2, 0.25) is 5.89 Å². The third-order valence-corrected chi connectivity index (χ3v) is 2.82. The molecule has 0 unspecified atom stereocenters. The molecule has 0 saturated heterocycles. The van der Waals surface area contributed by atoms with E-state index in [1.807, 2.05) is 0 Å². The SMILES string of the molecule is NCc1nnc(NC2CCCCCC2)o1. The van der Waals surface area contributed by atoms with Crippen molar-refractivity contribution in [2.75, 3.05) is 5.32 Å². The van der Waals surface area contributed by atoms with Crippen molar-refractivity contribution >= 4 is 6.01 Å². The Bertz CT molecular complexity index is 291. The molecule has 0 aliphatic heterocycles. The van der Waals surface area contributed by atoms with Crippen molar-refractivity contribution in [3.05, 3.63) is 5.89 Å². The summed E-state index contributed by atoms with van der Waals surface area (Å²) in [6, 6.07) is 1.00. The molecule has 0 amide bonds. The Morgan fingerprint density at radius 3 is 2.53 bits per heavy atom. The van der Waals surface area contributed by atoms with Gasteiger partial charge in [0.1, 0.15) is 0 Å². The van der Waals surface area contributed by atoms with Gasteiger partial charge in [-0.25, -0.2) is 0 Å². The smallest absolute Gasteiger partial charge is 0.315 e. The highest BCUT2D eigenvalue weighted by Gasteiger charge is 2.14. The molecule has 3 N–H and O–H groups in total. The van der Waals surface area contributed by atoms with Crippen LogP contribution < -0.4 is 11.1 Å². The largest absolute Gasteiger partial charge is 0.407 e. The summed E-state index contributed by atoms with van der Waals surface area (Å²) in [4.78, 5) is 0. The van der Waals surface area contributed by atoms with Crippen molar-refractivity contribution in [2.45, 2.75) is 51.1 Å². The lowest BCUT2D eigenvalue weighted by Gasteiger charge is -2.13. The number of hydrogen-bond acceptors (Lipinski definition) is 5. The highest BCUT2D eigenvalue weighted by Crippen LogP contribution is 2.20. The molecule has 1 aliphatic carbocycles. The second kappa shape index (κ2) is 5.11. The van der Waals surface area contributed by atoms with Crippen molar-refractivity contribution in [1.82, 2.24) is 10.2 Å². The van der Waals surface area contributed by atoms with Crippen LogP contribution in [0.4, 0.5) is 6.01 Å². The van der Waals surface area contributed by atoms with Gasteiger partial charge in [0, 0.05) is 6.04 Å². The highest BCUT2D eigenvalue weighted by atomic mass is 16.4. The summed E-state index contributed by atoms with van der Waals surface area (Å²) < 4.78 is 5.32. The summed E-state index contributed by atoms with van der Waals surface area (Å²) in [6.07, 6.45) is 7.65. The predicted octanol–water partition coefficient (Wildman–Crippen LogP) is 1.66. The van der Waals surface area contributed by atoms with Crippen molar-refractivity contribution < 1.29 is 4.42 Å². The van der Waals surface area contributed by atoms with Gasteiger partial charge in [-0.05, 0) is 12.8 Å². The average molecular weight is 210 g/mol. The molecule has 5 heteroatoms. The monoisotopic (exact) mass is 210 g/mol. The van der Waals surface area contributed by atoms with E-state index in [0.717, 1.165) is 0 Å². The zero-order chi connectivity index (χ0) is 10.5. The lowest BCUT2D eigenvalue weighted by atomic mass is 10.1. The minimum atomic E-state index is 0.305. The Labute approximate surface area is 89.4 Å². The molecule has 0 atom stereocenters. The van der Waals surface area contributed by atoms with E-state index in [1.165, 1.54) is 38.5 Å². The first-order chi connectivity index (χ1) is 7.38. The lowest BCUT2D eigenvalue weighted by Crippen LogP contribution is -2.18. The van der Waals surface area contributed by atoms with Gasteiger partial charge in [-0.2, -0.15) is 0 Å². The number of hydrogen-bond donors (Lipinski definition) is 2. The Morgan fingerprint density at radius 1 is 1.20 bits per heavy atom. The molecule has 0 bridgehead atoms. The van der Waals surface area contributed by atoms with Gasteiger partial charge in [-0.1, -0.05) is 30.8 Å². The van der Waals surface area contributed by atoms with Gasteiger partial charge < -0.3 is 15.5 Å². The summed E-state index contributed by atoms with van der Waals surface area (Å²) >= 11 is 0. The van der Waals surface area contributed by atoms with Crippen LogP contribution in [0, 0.1) is 0 Å². The fraction of sp³-hybridized carbons (Fsp3) is 0.800. The number of anilines is 1. The Balaban J connectivity index is 1.89. The van der Waals surface area contributed by atoms with Gasteiger partial charge in [0.25, 0.3) is 0 Å². The van der Waals surface area contributed by atoms with E-state index in [1.54, 1.807) is 0 Å².